The van der Waals surface area contributed by atoms with Gasteiger partial charge in [0, 0.05) is 16.4 Å². The van der Waals surface area contributed by atoms with Gasteiger partial charge in [-0.3, -0.25) is 0 Å². The standard InChI is InChI=1S/C12H17BrFNO/c1-8(16)12(2,7-15)6-9-5-10(13)3-4-11(9)14/h3-5,8,16H,6-7,15H2,1-2H3. The number of benzene rings is 1. The molecular weight excluding hydrogens is 273 g/mol. The minimum absolute atomic E-state index is 0.261. The molecule has 0 saturated heterocycles. The number of hydrogen-bond acceptors (Lipinski definition) is 2. The van der Waals surface area contributed by atoms with E-state index in [0.717, 1.165) is 4.47 Å². The summed E-state index contributed by atoms with van der Waals surface area (Å²) < 4.78 is 14.4. The molecule has 0 aliphatic carbocycles. The number of rotatable bonds is 4. The van der Waals surface area contributed by atoms with Gasteiger partial charge in [0.1, 0.15) is 5.82 Å². The third kappa shape index (κ3) is 3.03. The summed E-state index contributed by atoms with van der Waals surface area (Å²) in [4.78, 5) is 0. The van der Waals surface area contributed by atoms with Crippen molar-refractivity contribution >= 4 is 15.9 Å². The van der Waals surface area contributed by atoms with Gasteiger partial charge in [0.15, 0.2) is 0 Å². The van der Waals surface area contributed by atoms with Crippen molar-refractivity contribution in [2.45, 2.75) is 26.4 Å². The molecule has 0 aromatic heterocycles. The van der Waals surface area contributed by atoms with Crippen molar-refractivity contribution in [3.8, 4) is 0 Å². The second-order valence-electron chi connectivity index (χ2n) is 4.45. The summed E-state index contributed by atoms with van der Waals surface area (Å²) in [6.07, 6.45) is -0.150. The fourth-order valence-electron chi connectivity index (χ4n) is 1.50. The van der Waals surface area contributed by atoms with E-state index in [1.807, 2.05) is 6.92 Å². The second-order valence-corrected chi connectivity index (χ2v) is 5.36. The monoisotopic (exact) mass is 289 g/mol. The minimum Gasteiger partial charge on any atom is -0.393 e. The van der Waals surface area contributed by atoms with Gasteiger partial charge in [-0.1, -0.05) is 22.9 Å². The molecule has 2 nitrogen and oxygen atoms in total. The molecule has 0 radical (unpaired) electrons. The Labute approximate surface area is 104 Å². The van der Waals surface area contributed by atoms with Gasteiger partial charge in [-0.15, -0.1) is 0 Å². The Balaban J connectivity index is 2.98. The van der Waals surface area contributed by atoms with Crippen LogP contribution in [0.4, 0.5) is 4.39 Å². The number of hydrogen-bond donors (Lipinski definition) is 2. The number of nitrogens with two attached hydrogens (primary N) is 1. The Hall–Kier alpha value is -0.450. The van der Waals surface area contributed by atoms with Crippen molar-refractivity contribution in [2.75, 3.05) is 6.54 Å². The molecule has 0 heterocycles. The van der Waals surface area contributed by atoms with Crippen LogP contribution in [-0.4, -0.2) is 17.8 Å². The van der Waals surface area contributed by atoms with Gasteiger partial charge >= 0.3 is 0 Å². The molecule has 16 heavy (non-hydrogen) atoms. The van der Waals surface area contributed by atoms with Crippen molar-refractivity contribution in [3.05, 3.63) is 34.1 Å². The molecule has 0 bridgehead atoms. The molecule has 1 aromatic rings. The van der Waals surface area contributed by atoms with Crippen molar-refractivity contribution in [3.63, 3.8) is 0 Å². The van der Waals surface area contributed by atoms with Gasteiger partial charge in [-0.25, -0.2) is 4.39 Å². The summed E-state index contributed by atoms with van der Waals surface area (Å²) in [5, 5.41) is 9.68. The van der Waals surface area contributed by atoms with Crippen LogP contribution in [-0.2, 0) is 6.42 Å². The normalized spacial score (nSPS) is 16.9. The van der Waals surface area contributed by atoms with Crippen molar-refractivity contribution in [1.82, 2.24) is 0 Å². The highest BCUT2D eigenvalue weighted by atomic mass is 79.9. The van der Waals surface area contributed by atoms with Gasteiger partial charge in [-0.2, -0.15) is 0 Å². The molecule has 0 saturated carbocycles. The fraction of sp³-hybridized carbons (Fsp3) is 0.500. The zero-order chi connectivity index (χ0) is 12.3. The van der Waals surface area contributed by atoms with Crippen molar-refractivity contribution in [2.24, 2.45) is 11.1 Å². The van der Waals surface area contributed by atoms with Crippen molar-refractivity contribution < 1.29 is 9.50 Å². The van der Waals surface area contributed by atoms with Gasteiger partial charge in [0.25, 0.3) is 0 Å². The Morgan fingerprint density at radius 2 is 2.19 bits per heavy atom. The minimum atomic E-state index is -0.573. The smallest absolute Gasteiger partial charge is 0.126 e. The predicted molar refractivity (Wildman–Crippen MR) is 66.6 cm³/mol. The zero-order valence-corrected chi connectivity index (χ0v) is 11.1. The fourth-order valence-corrected chi connectivity index (χ4v) is 1.91. The molecule has 2 atom stereocenters. The number of aliphatic hydroxyl groups is 1. The van der Waals surface area contributed by atoms with E-state index in [1.165, 1.54) is 6.07 Å². The molecule has 90 valence electrons. The topological polar surface area (TPSA) is 46.2 Å². The molecule has 0 spiro atoms. The van der Waals surface area contributed by atoms with Crippen LogP contribution in [0.5, 0.6) is 0 Å². The van der Waals surface area contributed by atoms with Crippen LogP contribution < -0.4 is 5.73 Å². The average Bonchev–Trinajstić information content (AvgIpc) is 2.23. The molecule has 1 rings (SSSR count). The molecule has 0 aliphatic heterocycles. The second kappa shape index (κ2) is 5.25. The Morgan fingerprint density at radius 3 is 2.69 bits per heavy atom. The van der Waals surface area contributed by atoms with E-state index in [4.69, 9.17) is 5.73 Å². The van der Waals surface area contributed by atoms with Crippen molar-refractivity contribution in [1.29, 1.82) is 0 Å². The lowest BCUT2D eigenvalue weighted by atomic mass is 9.79. The van der Waals surface area contributed by atoms with Crippen LogP contribution in [0.2, 0.25) is 0 Å². The third-order valence-corrected chi connectivity index (χ3v) is 3.57. The molecule has 0 amide bonds. The predicted octanol–water partition coefficient (Wildman–Crippen LogP) is 2.48. The van der Waals surface area contributed by atoms with E-state index in [0.29, 0.717) is 18.5 Å². The van der Waals surface area contributed by atoms with Gasteiger partial charge in [0.2, 0.25) is 0 Å². The molecule has 4 heteroatoms. The van der Waals surface area contributed by atoms with E-state index in [9.17, 15) is 9.50 Å². The van der Waals surface area contributed by atoms with Gasteiger partial charge < -0.3 is 10.8 Å². The van der Waals surface area contributed by atoms with Gasteiger partial charge in [-0.05, 0) is 37.1 Å². The molecule has 3 N–H and O–H groups in total. The summed E-state index contributed by atoms with van der Waals surface area (Å²) in [6, 6.07) is 4.80. The number of halogens is 2. The van der Waals surface area contributed by atoms with E-state index >= 15 is 0 Å². The van der Waals surface area contributed by atoms with E-state index in [2.05, 4.69) is 15.9 Å². The highest BCUT2D eigenvalue weighted by Crippen LogP contribution is 2.28. The largest absolute Gasteiger partial charge is 0.393 e. The number of aliphatic hydroxyl groups excluding tert-OH is 1. The summed E-state index contributed by atoms with van der Waals surface area (Å²) in [6.45, 7) is 3.86. The highest BCUT2D eigenvalue weighted by Gasteiger charge is 2.29. The first kappa shape index (κ1) is 13.6. The maximum absolute atomic E-state index is 13.6. The van der Waals surface area contributed by atoms with E-state index in [-0.39, 0.29) is 5.82 Å². The summed E-state index contributed by atoms with van der Waals surface area (Å²) in [5.74, 6) is -0.261. The maximum atomic E-state index is 13.6. The highest BCUT2D eigenvalue weighted by molar-refractivity contribution is 9.10. The molecule has 1 aromatic carbocycles. The Kier molecular flexibility index (Phi) is 4.47. The lowest BCUT2D eigenvalue weighted by Crippen LogP contribution is -2.39. The first-order valence-electron chi connectivity index (χ1n) is 5.21. The lowest BCUT2D eigenvalue weighted by Gasteiger charge is -2.31. The Morgan fingerprint density at radius 1 is 1.56 bits per heavy atom. The Bertz CT molecular complexity index is 370. The molecular formula is C12H17BrFNO. The molecule has 2 unspecified atom stereocenters. The summed E-state index contributed by atoms with van der Waals surface area (Å²) >= 11 is 3.30. The van der Waals surface area contributed by atoms with Crippen LogP contribution in [0.3, 0.4) is 0 Å². The average molecular weight is 290 g/mol. The van der Waals surface area contributed by atoms with Crippen LogP contribution in [0.1, 0.15) is 19.4 Å². The first-order valence-corrected chi connectivity index (χ1v) is 6.00. The van der Waals surface area contributed by atoms with Crippen LogP contribution in [0.25, 0.3) is 0 Å². The van der Waals surface area contributed by atoms with E-state index in [1.54, 1.807) is 19.1 Å². The van der Waals surface area contributed by atoms with Crippen LogP contribution >= 0.6 is 15.9 Å². The van der Waals surface area contributed by atoms with Crippen LogP contribution in [0, 0.1) is 11.2 Å². The SMILES string of the molecule is CC(O)C(C)(CN)Cc1cc(Br)ccc1F. The van der Waals surface area contributed by atoms with Crippen LogP contribution in [0.15, 0.2) is 22.7 Å². The molecule has 0 fully saturated rings. The lowest BCUT2D eigenvalue weighted by molar-refractivity contribution is 0.0583. The molecule has 0 aliphatic rings. The quantitative estimate of drug-likeness (QED) is 0.895. The van der Waals surface area contributed by atoms with Gasteiger partial charge in [0.05, 0.1) is 6.10 Å². The summed E-state index contributed by atoms with van der Waals surface area (Å²) in [7, 11) is 0. The maximum Gasteiger partial charge on any atom is 0.126 e. The summed E-state index contributed by atoms with van der Waals surface area (Å²) in [5.41, 5.74) is 5.72. The first-order chi connectivity index (χ1) is 7.39. The zero-order valence-electron chi connectivity index (χ0n) is 9.50. The third-order valence-electron chi connectivity index (χ3n) is 3.08. The van der Waals surface area contributed by atoms with E-state index < -0.39 is 11.5 Å².